The lowest BCUT2D eigenvalue weighted by molar-refractivity contribution is 0.224. The van der Waals surface area contributed by atoms with E-state index in [9.17, 15) is 9.59 Å². The number of halogens is 1. The number of para-hydroxylation sites is 1. The summed E-state index contributed by atoms with van der Waals surface area (Å²) in [5.74, 6) is 0.404. The molecule has 0 N–H and O–H groups in total. The summed E-state index contributed by atoms with van der Waals surface area (Å²) >= 11 is 3.49. The lowest BCUT2D eigenvalue weighted by atomic mass is 10.0. The van der Waals surface area contributed by atoms with Gasteiger partial charge in [-0.05, 0) is 54.1 Å². The summed E-state index contributed by atoms with van der Waals surface area (Å²) in [4.78, 5) is 31.6. The van der Waals surface area contributed by atoms with E-state index < -0.39 is 0 Å². The van der Waals surface area contributed by atoms with Crippen LogP contribution in [0.4, 0.5) is 0 Å². The highest BCUT2D eigenvalue weighted by Crippen LogP contribution is 2.29. The number of benzene rings is 3. The average molecular weight is 564 g/mol. The van der Waals surface area contributed by atoms with Gasteiger partial charge in [-0.25, -0.2) is 4.68 Å². The molecule has 0 atom stereocenters. The van der Waals surface area contributed by atoms with Crippen LogP contribution in [-0.2, 0) is 13.2 Å². The summed E-state index contributed by atoms with van der Waals surface area (Å²) in [5.41, 5.74) is 4.09. The molecule has 0 saturated heterocycles. The summed E-state index contributed by atoms with van der Waals surface area (Å²) in [6.45, 7) is 0.0748. The van der Waals surface area contributed by atoms with Crippen LogP contribution in [0.2, 0.25) is 0 Å². The van der Waals surface area contributed by atoms with Gasteiger partial charge in [-0.15, -0.1) is 5.10 Å². The molecule has 4 heterocycles. The van der Waals surface area contributed by atoms with Crippen molar-refractivity contribution in [3.05, 3.63) is 121 Å². The molecule has 184 valence electrons. The van der Waals surface area contributed by atoms with E-state index in [1.807, 2.05) is 59.1 Å². The van der Waals surface area contributed by atoms with Crippen molar-refractivity contribution in [1.29, 1.82) is 0 Å². The lowest BCUT2D eigenvalue weighted by Crippen LogP contribution is -2.17. The molecule has 9 heteroatoms. The van der Waals surface area contributed by atoms with E-state index in [0.717, 1.165) is 26.6 Å². The first-order valence-corrected chi connectivity index (χ1v) is 12.7. The van der Waals surface area contributed by atoms with E-state index in [1.165, 1.54) is 0 Å². The fourth-order valence-corrected chi connectivity index (χ4v) is 5.34. The predicted molar refractivity (Wildman–Crippen MR) is 149 cm³/mol. The van der Waals surface area contributed by atoms with Crippen molar-refractivity contribution in [2.45, 2.75) is 13.2 Å². The molecule has 0 spiro atoms. The number of nitrogens with zero attached hydrogens (tertiary/aromatic N) is 5. The Morgan fingerprint density at radius 3 is 2.55 bits per heavy atom. The molecule has 3 aromatic carbocycles. The second-order valence-electron chi connectivity index (χ2n) is 9.10. The van der Waals surface area contributed by atoms with E-state index in [2.05, 4.69) is 31.2 Å². The third kappa shape index (κ3) is 3.62. The van der Waals surface area contributed by atoms with E-state index >= 15 is 0 Å². The van der Waals surface area contributed by atoms with Gasteiger partial charge in [0.05, 0.1) is 27.3 Å². The van der Waals surface area contributed by atoms with Gasteiger partial charge in [0.15, 0.2) is 17.6 Å². The molecule has 0 unspecified atom stereocenters. The molecular weight excluding hydrogens is 546 g/mol. The van der Waals surface area contributed by atoms with Crippen molar-refractivity contribution in [3.8, 4) is 5.75 Å². The summed E-state index contributed by atoms with van der Waals surface area (Å²) in [6.07, 6.45) is 5.70. The number of rotatable bonds is 5. The fraction of sp³-hybridized carbons (Fsp3) is 0.0690. The Balaban J connectivity index is 1.45. The van der Waals surface area contributed by atoms with Crippen LogP contribution in [0.1, 0.15) is 11.1 Å². The quantitative estimate of drug-likeness (QED) is 0.218. The Bertz CT molecular complexity index is 2120. The first-order valence-electron chi connectivity index (χ1n) is 11.9. The SMILES string of the molecule is O=c1c(Cc2cccnc2)cn2c3ccc(Br)cc3c(=O)c3cc(OCn4nnc5ccccc54)cc1c32. The van der Waals surface area contributed by atoms with Gasteiger partial charge in [-0.1, -0.05) is 39.3 Å². The molecule has 8 nitrogen and oxygen atoms in total. The normalized spacial score (nSPS) is 11.7. The van der Waals surface area contributed by atoms with Crippen LogP contribution < -0.4 is 15.6 Å². The number of fused-ring (bicyclic) bond motifs is 3. The van der Waals surface area contributed by atoms with E-state index in [1.54, 1.807) is 35.3 Å². The van der Waals surface area contributed by atoms with Gasteiger partial charge in [0.2, 0.25) is 0 Å². The molecule has 0 aliphatic carbocycles. The van der Waals surface area contributed by atoms with Crippen molar-refractivity contribution in [1.82, 2.24) is 24.4 Å². The minimum absolute atomic E-state index is 0.0748. The minimum atomic E-state index is -0.164. The number of pyridine rings is 3. The molecule has 0 fully saturated rings. The van der Waals surface area contributed by atoms with Crippen molar-refractivity contribution in [2.75, 3.05) is 0 Å². The first kappa shape index (κ1) is 22.6. The van der Waals surface area contributed by atoms with Crippen molar-refractivity contribution in [2.24, 2.45) is 0 Å². The number of hydrogen-bond donors (Lipinski definition) is 0. The largest absolute Gasteiger partial charge is 0.471 e. The van der Waals surface area contributed by atoms with Gasteiger partial charge in [0, 0.05) is 40.4 Å². The second kappa shape index (κ2) is 8.74. The van der Waals surface area contributed by atoms with E-state index in [0.29, 0.717) is 39.4 Å². The molecular formula is C29H18BrN5O3. The molecule has 0 saturated carbocycles. The van der Waals surface area contributed by atoms with Crippen molar-refractivity contribution in [3.63, 3.8) is 0 Å². The Kier molecular flexibility index (Phi) is 5.19. The molecule has 0 aliphatic heterocycles. The lowest BCUT2D eigenvalue weighted by Gasteiger charge is -2.15. The Morgan fingerprint density at radius 2 is 1.71 bits per heavy atom. The first-order chi connectivity index (χ1) is 18.6. The van der Waals surface area contributed by atoms with Gasteiger partial charge in [-0.2, -0.15) is 0 Å². The third-order valence-electron chi connectivity index (χ3n) is 6.74. The zero-order chi connectivity index (χ0) is 25.8. The summed E-state index contributed by atoms with van der Waals surface area (Å²) in [6, 6.07) is 20.4. The van der Waals surface area contributed by atoms with Crippen LogP contribution in [0.5, 0.6) is 5.75 Å². The summed E-state index contributed by atoms with van der Waals surface area (Å²) < 4.78 is 10.5. The van der Waals surface area contributed by atoms with Crippen LogP contribution in [0.15, 0.2) is 99.4 Å². The third-order valence-corrected chi connectivity index (χ3v) is 7.24. The fourth-order valence-electron chi connectivity index (χ4n) is 4.98. The zero-order valence-electron chi connectivity index (χ0n) is 19.8. The smallest absolute Gasteiger partial charge is 0.197 e. The van der Waals surface area contributed by atoms with E-state index in [-0.39, 0.29) is 17.6 Å². The molecule has 0 aliphatic rings. The Labute approximate surface area is 223 Å². The highest BCUT2D eigenvalue weighted by atomic mass is 79.9. The standard InChI is InChI=1S/C29H18BrN5O3/c30-19-7-8-25-21(11-19)29(37)23-13-20(38-16-35-26-6-2-1-5-24(26)32-33-35)12-22-27(23)34(25)15-18(28(22)36)10-17-4-3-9-31-14-17/h1-9,11-15H,10,16H2. The van der Waals surface area contributed by atoms with Crippen LogP contribution in [0.3, 0.4) is 0 Å². The van der Waals surface area contributed by atoms with Crippen molar-refractivity contribution >= 4 is 54.2 Å². The summed E-state index contributed by atoms with van der Waals surface area (Å²) in [5, 5.41) is 9.71. The molecule has 0 bridgehead atoms. The maximum absolute atomic E-state index is 13.8. The second-order valence-corrected chi connectivity index (χ2v) is 10.0. The molecule has 4 aromatic heterocycles. The maximum atomic E-state index is 13.8. The van der Waals surface area contributed by atoms with Crippen molar-refractivity contribution < 1.29 is 4.74 Å². The van der Waals surface area contributed by atoms with E-state index in [4.69, 9.17) is 4.74 Å². The molecule has 7 aromatic rings. The van der Waals surface area contributed by atoms with Gasteiger partial charge >= 0.3 is 0 Å². The van der Waals surface area contributed by atoms with Gasteiger partial charge in [0.1, 0.15) is 11.3 Å². The Hall–Kier alpha value is -4.63. The number of aromatic nitrogens is 5. The van der Waals surface area contributed by atoms with Crippen LogP contribution in [0, 0.1) is 0 Å². The predicted octanol–water partition coefficient (Wildman–Crippen LogP) is 4.93. The Morgan fingerprint density at radius 1 is 0.868 bits per heavy atom. The van der Waals surface area contributed by atoms with Gasteiger partial charge < -0.3 is 9.14 Å². The molecule has 38 heavy (non-hydrogen) atoms. The monoisotopic (exact) mass is 563 g/mol. The zero-order valence-corrected chi connectivity index (χ0v) is 21.4. The van der Waals surface area contributed by atoms with Crippen LogP contribution in [-0.4, -0.2) is 24.4 Å². The summed E-state index contributed by atoms with van der Waals surface area (Å²) in [7, 11) is 0. The number of ether oxygens (including phenoxy) is 1. The molecule has 0 radical (unpaired) electrons. The number of hydrogen-bond acceptors (Lipinski definition) is 6. The highest BCUT2D eigenvalue weighted by Gasteiger charge is 2.18. The van der Waals surface area contributed by atoms with Gasteiger partial charge in [0.25, 0.3) is 0 Å². The van der Waals surface area contributed by atoms with Crippen LogP contribution >= 0.6 is 15.9 Å². The van der Waals surface area contributed by atoms with Crippen LogP contribution in [0.25, 0.3) is 38.2 Å². The average Bonchev–Trinajstić information content (AvgIpc) is 3.36. The maximum Gasteiger partial charge on any atom is 0.197 e. The highest BCUT2D eigenvalue weighted by molar-refractivity contribution is 9.10. The molecule has 7 rings (SSSR count). The minimum Gasteiger partial charge on any atom is -0.471 e. The molecule has 0 amide bonds. The topological polar surface area (TPSA) is 91.4 Å². The van der Waals surface area contributed by atoms with Gasteiger partial charge in [-0.3, -0.25) is 14.6 Å².